The molecule has 1 heterocycles. The average Bonchev–Trinajstić information content (AvgIpc) is 2.55. The van der Waals surface area contributed by atoms with Gasteiger partial charge >= 0.3 is 0 Å². The molecule has 0 aliphatic carbocycles. The minimum atomic E-state index is -3.26. The summed E-state index contributed by atoms with van der Waals surface area (Å²) in [5.41, 5.74) is 2.13. The minimum absolute atomic E-state index is 0.131. The lowest BCUT2D eigenvalue weighted by molar-refractivity contribution is 0.222. The highest BCUT2D eigenvalue weighted by Gasteiger charge is 2.19. The van der Waals surface area contributed by atoms with Crippen molar-refractivity contribution in [1.82, 2.24) is 4.98 Å². The molecule has 0 aliphatic rings. The van der Waals surface area contributed by atoms with Crippen LogP contribution in [-0.2, 0) is 9.84 Å². The normalized spacial score (nSPS) is 12.7. The van der Waals surface area contributed by atoms with Crippen molar-refractivity contribution < 1.29 is 13.5 Å². The SMILES string of the molecule is CCCCCCCCS(=O)(=O)C[C@@H](O)CSc1nc(C)cc(C)c1C#N. The number of pyridine rings is 1. The number of hydrogen-bond donors (Lipinski definition) is 1. The first kappa shape index (κ1) is 22.9. The maximum atomic E-state index is 12.1. The van der Waals surface area contributed by atoms with Gasteiger partial charge in [-0.25, -0.2) is 13.4 Å². The van der Waals surface area contributed by atoms with Crippen LogP contribution in [0.1, 0.15) is 62.3 Å². The fourth-order valence-corrected chi connectivity index (χ4v) is 5.44. The Balaban J connectivity index is 2.46. The van der Waals surface area contributed by atoms with Crippen molar-refractivity contribution in [2.45, 2.75) is 70.4 Å². The maximum Gasteiger partial charge on any atom is 0.152 e. The molecule has 7 heteroatoms. The van der Waals surface area contributed by atoms with E-state index in [4.69, 9.17) is 0 Å². The summed E-state index contributed by atoms with van der Waals surface area (Å²) in [5.74, 6) is 0.105. The highest BCUT2D eigenvalue weighted by atomic mass is 32.2. The number of aliphatic hydroxyl groups excluding tert-OH is 1. The number of aromatic nitrogens is 1. The van der Waals surface area contributed by atoms with E-state index in [0.29, 0.717) is 17.0 Å². The number of aliphatic hydroxyl groups is 1. The summed E-state index contributed by atoms with van der Waals surface area (Å²) in [5, 5.41) is 19.9. The average molecular weight is 399 g/mol. The van der Waals surface area contributed by atoms with Crippen molar-refractivity contribution in [3.63, 3.8) is 0 Å². The standard InChI is InChI=1S/C19H30N2O3S2/c1-4-5-6-7-8-9-10-26(23,24)14-17(22)13-25-19-18(12-20)15(2)11-16(3)21-19/h11,17,22H,4-10,13-14H2,1-3H3/t17-/m0/s1. The third kappa shape index (κ3) is 8.52. The van der Waals surface area contributed by atoms with Crippen LogP contribution in [-0.4, -0.2) is 41.9 Å². The molecule has 0 radical (unpaired) electrons. The molecule has 1 rings (SSSR count). The molecular formula is C19H30N2O3S2. The van der Waals surface area contributed by atoms with Gasteiger partial charge in [0.2, 0.25) is 0 Å². The number of nitriles is 1. The summed E-state index contributed by atoms with van der Waals surface area (Å²) < 4.78 is 24.3. The Morgan fingerprint density at radius 1 is 1.23 bits per heavy atom. The summed E-state index contributed by atoms with van der Waals surface area (Å²) in [7, 11) is -3.26. The van der Waals surface area contributed by atoms with Gasteiger partial charge in [0.1, 0.15) is 11.1 Å². The zero-order chi connectivity index (χ0) is 19.6. The molecule has 1 aromatic rings. The number of rotatable bonds is 12. The molecule has 1 atom stereocenters. The first-order valence-electron chi connectivity index (χ1n) is 9.18. The second-order valence-corrected chi connectivity index (χ2v) is 9.96. The van der Waals surface area contributed by atoms with E-state index >= 15 is 0 Å². The van der Waals surface area contributed by atoms with Crippen LogP contribution in [0.2, 0.25) is 0 Å². The van der Waals surface area contributed by atoms with Crippen molar-refractivity contribution in [3.8, 4) is 6.07 Å². The lowest BCUT2D eigenvalue weighted by Gasteiger charge is -2.12. The number of hydrogen-bond acceptors (Lipinski definition) is 6. The molecule has 0 unspecified atom stereocenters. The van der Waals surface area contributed by atoms with Crippen LogP contribution >= 0.6 is 11.8 Å². The summed E-state index contributed by atoms with van der Waals surface area (Å²) in [6.45, 7) is 5.84. The molecule has 1 aromatic heterocycles. The Morgan fingerprint density at radius 2 is 1.88 bits per heavy atom. The van der Waals surface area contributed by atoms with Gasteiger partial charge in [-0.3, -0.25) is 0 Å². The smallest absolute Gasteiger partial charge is 0.152 e. The highest BCUT2D eigenvalue weighted by molar-refractivity contribution is 7.99. The van der Waals surface area contributed by atoms with Crippen LogP contribution in [0.3, 0.4) is 0 Å². The number of sulfone groups is 1. The summed E-state index contributed by atoms with van der Waals surface area (Å²) in [6.07, 6.45) is 5.20. The van der Waals surface area contributed by atoms with E-state index < -0.39 is 15.9 Å². The molecule has 0 saturated heterocycles. The van der Waals surface area contributed by atoms with E-state index in [1.54, 1.807) is 0 Å². The molecule has 146 valence electrons. The largest absolute Gasteiger partial charge is 0.391 e. The number of aryl methyl sites for hydroxylation is 2. The van der Waals surface area contributed by atoms with Gasteiger partial charge in [0.05, 0.1) is 23.2 Å². The molecule has 0 spiro atoms. The lowest BCUT2D eigenvalue weighted by Crippen LogP contribution is -2.25. The Hall–Kier alpha value is -1.10. The third-order valence-corrected chi connectivity index (χ3v) is 7.01. The molecule has 0 aromatic carbocycles. The monoisotopic (exact) mass is 398 g/mol. The number of unbranched alkanes of at least 4 members (excludes halogenated alkanes) is 5. The van der Waals surface area contributed by atoms with Gasteiger partial charge in [0.15, 0.2) is 9.84 Å². The van der Waals surface area contributed by atoms with Crippen LogP contribution < -0.4 is 0 Å². The molecule has 1 N–H and O–H groups in total. The predicted molar refractivity (Wildman–Crippen MR) is 107 cm³/mol. The van der Waals surface area contributed by atoms with E-state index in [1.165, 1.54) is 24.6 Å². The molecule has 26 heavy (non-hydrogen) atoms. The van der Waals surface area contributed by atoms with Gasteiger partial charge in [-0.2, -0.15) is 5.26 Å². The van der Waals surface area contributed by atoms with Crippen LogP contribution in [0, 0.1) is 25.2 Å². The molecule has 0 saturated carbocycles. The van der Waals surface area contributed by atoms with Gasteiger partial charge in [-0.1, -0.05) is 39.0 Å². The van der Waals surface area contributed by atoms with Crippen LogP contribution in [0.5, 0.6) is 0 Å². The van der Waals surface area contributed by atoms with E-state index in [0.717, 1.165) is 30.5 Å². The van der Waals surface area contributed by atoms with E-state index in [1.807, 2.05) is 19.9 Å². The fourth-order valence-electron chi connectivity index (χ4n) is 2.74. The first-order valence-corrected chi connectivity index (χ1v) is 12.0. The second-order valence-electron chi connectivity index (χ2n) is 6.72. The topological polar surface area (TPSA) is 91.1 Å². The van der Waals surface area contributed by atoms with Crippen molar-refractivity contribution >= 4 is 21.6 Å². The molecule has 0 amide bonds. The summed E-state index contributed by atoms with van der Waals surface area (Å²) >= 11 is 1.24. The zero-order valence-electron chi connectivity index (χ0n) is 16.0. The van der Waals surface area contributed by atoms with Gasteiger partial charge in [-0.15, -0.1) is 11.8 Å². The minimum Gasteiger partial charge on any atom is -0.391 e. The molecule has 0 aliphatic heterocycles. The molecule has 0 bridgehead atoms. The van der Waals surface area contributed by atoms with Gasteiger partial charge in [0.25, 0.3) is 0 Å². The third-order valence-electron chi connectivity index (χ3n) is 4.09. The molecule has 5 nitrogen and oxygen atoms in total. The lowest BCUT2D eigenvalue weighted by atomic mass is 10.1. The van der Waals surface area contributed by atoms with Crippen LogP contribution in [0.4, 0.5) is 0 Å². The quantitative estimate of drug-likeness (QED) is 0.425. The fraction of sp³-hybridized carbons (Fsp3) is 0.684. The number of thioether (sulfide) groups is 1. The van der Waals surface area contributed by atoms with Gasteiger partial charge < -0.3 is 5.11 Å². The highest BCUT2D eigenvalue weighted by Crippen LogP contribution is 2.24. The van der Waals surface area contributed by atoms with Crippen LogP contribution in [0.25, 0.3) is 0 Å². The summed E-state index contributed by atoms with van der Waals surface area (Å²) in [6, 6.07) is 3.97. The Bertz CT molecular complexity index is 712. The Kier molecular flexibility index (Phi) is 10.2. The maximum absolute atomic E-state index is 12.1. The van der Waals surface area contributed by atoms with E-state index in [-0.39, 0.29) is 17.3 Å². The van der Waals surface area contributed by atoms with Crippen LogP contribution in [0.15, 0.2) is 11.1 Å². The molecular weight excluding hydrogens is 368 g/mol. The second kappa shape index (κ2) is 11.6. The van der Waals surface area contributed by atoms with Crippen molar-refractivity contribution in [2.75, 3.05) is 17.3 Å². The van der Waals surface area contributed by atoms with E-state index in [9.17, 15) is 18.8 Å². The van der Waals surface area contributed by atoms with E-state index in [2.05, 4.69) is 18.0 Å². The Morgan fingerprint density at radius 3 is 2.54 bits per heavy atom. The Labute approximate surface area is 162 Å². The van der Waals surface area contributed by atoms with Crippen molar-refractivity contribution in [3.05, 3.63) is 22.9 Å². The zero-order valence-corrected chi connectivity index (χ0v) is 17.6. The van der Waals surface area contributed by atoms with Gasteiger partial charge in [-0.05, 0) is 31.9 Å². The van der Waals surface area contributed by atoms with Crippen molar-refractivity contribution in [2.24, 2.45) is 0 Å². The molecule has 0 fully saturated rings. The van der Waals surface area contributed by atoms with Crippen molar-refractivity contribution in [1.29, 1.82) is 5.26 Å². The van der Waals surface area contributed by atoms with Gasteiger partial charge in [0, 0.05) is 11.4 Å². The summed E-state index contributed by atoms with van der Waals surface area (Å²) in [4.78, 5) is 4.34. The first-order chi connectivity index (χ1) is 12.3. The predicted octanol–water partition coefficient (Wildman–Crippen LogP) is 3.80. The number of nitrogens with zero attached hydrogens (tertiary/aromatic N) is 2.